The molecule has 0 radical (unpaired) electrons. The Morgan fingerprint density at radius 1 is 1.29 bits per heavy atom. The second kappa shape index (κ2) is 10.2. The highest BCUT2D eigenvalue weighted by Gasteiger charge is 2.22. The van der Waals surface area contributed by atoms with Gasteiger partial charge in [-0.05, 0) is 24.8 Å². The van der Waals surface area contributed by atoms with E-state index in [2.05, 4.69) is 32.3 Å². The maximum Gasteiger partial charge on any atom is 0.258 e. The van der Waals surface area contributed by atoms with Crippen molar-refractivity contribution in [1.82, 2.24) is 24.6 Å². The lowest BCUT2D eigenvalue weighted by atomic mass is 10.0. The van der Waals surface area contributed by atoms with Crippen LogP contribution in [0.25, 0.3) is 11.1 Å². The first kappa shape index (κ1) is 24.4. The molecule has 4 rings (SSSR count). The Balaban J connectivity index is 1.74. The Hall–Kier alpha value is -3.75. The molecule has 1 aliphatic carbocycles. The number of pyridine rings is 2. The first-order valence-corrected chi connectivity index (χ1v) is 11.8. The zero-order chi connectivity index (χ0) is 25.1. The van der Waals surface area contributed by atoms with Gasteiger partial charge in [-0.25, -0.2) is 4.98 Å². The van der Waals surface area contributed by atoms with Crippen molar-refractivity contribution in [3.63, 3.8) is 0 Å². The van der Waals surface area contributed by atoms with Crippen LogP contribution in [0.4, 0.5) is 5.13 Å². The molecule has 1 aliphatic rings. The highest BCUT2D eigenvalue weighted by molar-refractivity contribution is 7.15. The highest BCUT2D eigenvalue weighted by Crippen LogP contribution is 2.33. The summed E-state index contributed by atoms with van der Waals surface area (Å²) in [4.78, 5) is 43.7. The number of methoxy groups -OCH3 is 1. The van der Waals surface area contributed by atoms with Gasteiger partial charge in [0.1, 0.15) is 17.4 Å². The van der Waals surface area contributed by atoms with Gasteiger partial charge >= 0.3 is 0 Å². The Kier molecular flexibility index (Phi) is 7.14. The summed E-state index contributed by atoms with van der Waals surface area (Å²) in [6.45, 7) is -0.207. The van der Waals surface area contributed by atoms with Gasteiger partial charge in [0.25, 0.3) is 11.5 Å². The number of ether oxygens (including phenoxy) is 1. The number of nitrogens with zero attached hydrogens (tertiary/aromatic N) is 5. The standard InChI is InChI=1S/C23H21ClN6O4S/c1-29(2)21(32)12-30-11-16(14-8-18(24)25-10-17(14)34-3)15(9-20(30)31)22(33)26-23-28-27-19(35-23)7-6-13-4-5-13/h8-11,13H,4-5,12H2,1-3H3,(H,26,28,33). The SMILES string of the molecule is COc1cnc(Cl)cc1-c1cn(CC(=O)N(C)C)c(=O)cc1C(=O)Nc1nnc(C#CC2CC2)s1. The van der Waals surface area contributed by atoms with Crippen LogP contribution in [0.5, 0.6) is 5.75 Å². The van der Waals surface area contributed by atoms with Crippen molar-refractivity contribution in [2.45, 2.75) is 19.4 Å². The molecule has 0 spiro atoms. The lowest BCUT2D eigenvalue weighted by Gasteiger charge is -2.16. The number of likely N-dealkylation sites (N-methyl/N-ethyl adjacent to an activating group) is 1. The summed E-state index contributed by atoms with van der Waals surface area (Å²) in [5, 5.41) is 11.5. The number of aromatic nitrogens is 4. The lowest BCUT2D eigenvalue weighted by Crippen LogP contribution is -2.32. The Labute approximate surface area is 209 Å². The molecular weight excluding hydrogens is 492 g/mol. The van der Waals surface area contributed by atoms with Gasteiger partial charge in [-0.2, -0.15) is 0 Å². The largest absolute Gasteiger partial charge is 0.494 e. The van der Waals surface area contributed by atoms with E-state index in [-0.39, 0.29) is 28.3 Å². The second-order valence-corrected chi connectivity index (χ2v) is 9.34. The number of carbonyl (C=O) groups is 2. The molecule has 1 N–H and O–H groups in total. The molecular formula is C23H21ClN6O4S. The molecule has 0 bridgehead atoms. The summed E-state index contributed by atoms with van der Waals surface area (Å²) in [6.07, 6.45) is 5.02. The normalized spacial score (nSPS) is 12.5. The fraction of sp³-hybridized carbons (Fsp3) is 0.304. The van der Waals surface area contributed by atoms with Gasteiger partial charge in [0, 0.05) is 43.4 Å². The molecule has 3 heterocycles. The van der Waals surface area contributed by atoms with E-state index in [1.54, 1.807) is 14.1 Å². The van der Waals surface area contributed by atoms with Gasteiger partial charge in [0.15, 0.2) is 5.01 Å². The zero-order valence-electron chi connectivity index (χ0n) is 19.2. The van der Waals surface area contributed by atoms with Crippen LogP contribution in [-0.4, -0.2) is 57.7 Å². The van der Waals surface area contributed by atoms with Gasteiger partial charge in [-0.1, -0.05) is 28.9 Å². The molecule has 3 aromatic rings. The number of anilines is 1. The van der Waals surface area contributed by atoms with E-state index in [9.17, 15) is 14.4 Å². The number of carbonyl (C=O) groups excluding carboxylic acids is 2. The van der Waals surface area contributed by atoms with E-state index < -0.39 is 11.5 Å². The maximum atomic E-state index is 13.3. The van der Waals surface area contributed by atoms with Crippen molar-refractivity contribution in [1.29, 1.82) is 0 Å². The Morgan fingerprint density at radius 3 is 2.74 bits per heavy atom. The van der Waals surface area contributed by atoms with Crippen molar-refractivity contribution < 1.29 is 14.3 Å². The topological polar surface area (TPSA) is 119 Å². The minimum Gasteiger partial charge on any atom is -0.494 e. The van der Waals surface area contributed by atoms with E-state index in [1.165, 1.54) is 35.0 Å². The van der Waals surface area contributed by atoms with Crippen molar-refractivity contribution in [2.75, 3.05) is 26.5 Å². The molecule has 3 aromatic heterocycles. The number of hydrogen-bond donors (Lipinski definition) is 1. The molecule has 0 saturated heterocycles. The smallest absolute Gasteiger partial charge is 0.258 e. The predicted octanol–water partition coefficient (Wildman–Crippen LogP) is 2.53. The van der Waals surface area contributed by atoms with Crippen molar-refractivity contribution in [3.8, 4) is 28.7 Å². The molecule has 12 heteroatoms. The van der Waals surface area contributed by atoms with E-state index in [4.69, 9.17) is 16.3 Å². The number of rotatable bonds is 6. The first-order chi connectivity index (χ1) is 16.7. The van der Waals surface area contributed by atoms with Gasteiger partial charge in [0.2, 0.25) is 11.0 Å². The van der Waals surface area contributed by atoms with Crippen LogP contribution in [0.1, 0.15) is 28.2 Å². The summed E-state index contributed by atoms with van der Waals surface area (Å²) >= 11 is 7.25. The van der Waals surface area contributed by atoms with Crippen LogP contribution in [-0.2, 0) is 11.3 Å². The molecule has 10 nitrogen and oxygen atoms in total. The number of halogens is 1. The minimum absolute atomic E-state index is 0.0462. The zero-order valence-corrected chi connectivity index (χ0v) is 20.7. The third-order valence-corrected chi connectivity index (χ3v) is 6.09. The molecule has 0 aromatic carbocycles. The second-order valence-electron chi connectivity index (χ2n) is 7.97. The van der Waals surface area contributed by atoms with Gasteiger partial charge in [-0.15, -0.1) is 10.2 Å². The molecule has 0 atom stereocenters. The fourth-order valence-corrected chi connectivity index (χ4v) is 3.82. The highest BCUT2D eigenvalue weighted by atomic mass is 35.5. The minimum atomic E-state index is -0.587. The quantitative estimate of drug-likeness (QED) is 0.398. The van der Waals surface area contributed by atoms with E-state index in [0.717, 1.165) is 30.2 Å². The number of nitrogens with one attached hydrogen (secondary N) is 1. The van der Waals surface area contributed by atoms with Gasteiger partial charge in [0.05, 0.1) is 18.9 Å². The number of amides is 2. The molecule has 1 saturated carbocycles. The summed E-state index contributed by atoms with van der Waals surface area (Å²) < 4.78 is 6.62. The third kappa shape index (κ3) is 5.85. The summed E-state index contributed by atoms with van der Waals surface area (Å²) in [6, 6.07) is 2.68. The monoisotopic (exact) mass is 512 g/mol. The Bertz CT molecular complexity index is 1420. The van der Waals surface area contributed by atoms with Crippen molar-refractivity contribution >= 4 is 39.9 Å². The molecule has 0 unspecified atom stereocenters. The lowest BCUT2D eigenvalue weighted by molar-refractivity contribution is -0.129. The molecule has 180 valence electrons. The van der Waals surface area contributed by atoms with Crippen LogP contribution in [0.15, 0.2) is 29.3 Å². The van der Waals surface area contributed by atoms with Crippen LogP contribution >= 0.6 is 22.9 Å². The van der Waals surface area contributed by atoms with Crippen molar-refractivity contribution in [3.05, 3.63) is 50.6 Å². The first-order valence-electron chi connectivity index (χ1n) is 10.6. The summed E-state index contributed by atoms with van der Waals surface area (Å²) in [7, 11) is 4.63. The summed E-state index contributed by atoms with van der Waals surface area (Å²) in [5.74, 6) is 5.92. The summed E-state index contributed by atoms with van der Waals surface area (Å²) in [5.41, 5.74) is 0.274. The van der Waals surface area contributed by atoms with E-state index in [0.29, 0.717) is 27.8 Å². The van der Waals surface area contributed by atoms with Crippen molar-refractivity contribution in [2.24, 2.45) is 5.92 Å². The average molecular weight is 513 g/mol. The Morgan fingerprint density at radius 2 is 2.06 bits per heavy atom. The van der Waals surface area contributed by atoms with E-state index >= 15 is 0 Å². The number of hydrogen-bond acceptors (Lipinski definition) is 8. The van der Waals surface area contributed by atoms with Crippen LogP contribution in [0.2, 0.25) is 5.15 Å². The van der Waals surface area contributed by atoms with Gasteiger partial charge in [-0.3, -0.25) is 19.7 Å². The van der Waals surface area contributed by atoms with Crippen LogP contribution < -0.4 is 15.6 Å². The van der Waals surface area contributed by atoms with Crippen LogP contribution in [0.3, 0.4) is 0 Å². The molecule has 1 fully saturated rings. The molecule has 35 heavy (non-hydrogen) atoms. The molecule has 0 aliphatic heterocycles. The third-order valence-electron chi connectivity index (χ3n) is 5.13. The maximum absolute atomic E-state index is 13.3. The average Bonchev–Trinajstić information content (AvgIpc) is 3.56. The van der Waals surface area contributed by atoms with E-state index in [1.807, 2.05) is 0 Å². The fourth-order valence-electron chi connectivity index (χ4n) is 3.06. The molecule has 2 amide bonds. The van der Waals surface area contributed by atoms with Crippen LogP contribution in [0, 0.1) is 17.8 Å². The predicted molar refractivity (Wildman–Crippen MR) is 132 cm³/mol. The van der Waals surface area contributed by atoms with Gasteiger partial charge < -0.3 is 14.2 Å².